The summed E-state index contributed by atoms with van der Waals surface area (Å²) in [5, 5.41) is 18.0. The van der Waals surface area contributed by atoms with Gasteiger partial charge in [0, 0.05) is 6.20 Å². The molecule has 4 N–H and O–H groups in total. The minimum absolute atomic E-state index is 0.208. The number of nitrogens with two attached hydrogens (primary N) is 1. The van der Waals surface area contributed by atoms with E-state index in [1.165, 1.54) is 10.6 Å². The van der Waals surface area contributed by atoms with Crippen molar-refractivity contribution in [3.8, 4) is 0 Å². The van der Waals surface area contributed by atoms with Crippen molar-refractivity contribution in [2.45, 2.75) is 6.04 Å². The zero-order chi connectivity index (χ0) is 11.4. The molecule has 0 atom stereocenters. The largest absolute Gasteiger partial charge is 0.394 e. The van der Waals surface area contributed by atoms with Gasteiger partial charge < -0.3 is 20.5 Å². The Morgan fingerprint density at radius 3 is 2.60 bits per heavy atom. The molecule has 5 nitrogen and oxygen atoms in total. The molecule has 1 aromatic heterocycles. The molecule has 0 saturated carbocycles. The number of carbonyl (C=O) groups is 1. The number of amides is 1. The smallest absolute Gasteiger partial charge is 0.251 e. The van der Waals surface area contributed by atoms with Gasteiger partial charge in [0.25, 0.3) is 5.91 Å². The van der Waals surface area contributed by atoms with Gasteiger partial charge in [-0.3, -0.25) is 4.79 Å². The fourth-order valence-electron chi connectivity index (χ4n) is 1.22. The summed E-state index contributed by atoms with van der Waals surface area (Å²) in [7, 11) is 0. The van der Waals surface area contributed by atoms with Crippen molar-refractivity contribution in [1.29, 1.82) is 0 Å². The van der Waals surface area contributed by atoms with E-state index in [4.69, 9.17) is 28.2 Å². The van der Waals surface area contributed by atoms with Crippen LogP contribution in [-0.4, -0.2) is 33.9 Å². The van der Waals surface area contributed by atoms with Crippen LogP contribution < -0.4 is 5.73 Å². The first-order valence-corrected chi connectivity index (χ1v) is 4.75. The lowest BCUT2D eigenvalue weighted by Crippen LogP contribution is -2.21. The zero-order valence-electron chi connectivity index (χ0n) is 7.96. The molecule has 0 radical (unpaired) electrons. The monoisotopic (exact) mass is 228 g/mol. The summed E-state index contributed by atoms with van der Waals surface area (Å²) in [5.74, 6) is -0.621. The fourth-order valence-corrected chi connectivity index (χ4v) is 1.60. The Morgan fingerprint density at radius 2 is 2.13 bits per heavy atom. The number of primary amides is 1. The second-order valence-electron chi connectivity index (χ2n) is 3.02. The summed E-state index contributed by atoms with van der Waals surface area (Å²) in [6, 6.07) is 2.55. The van der Waals surface area contributed by atoms with Crippen LogP contribution in [0.15, 0.2) is 18.3 Å². The SMILES string of the molecule is NC(=O)c1cccn(C(CO)CO)c1=S. The van der Waals surface area contributed by atoms with E-state index in [1.54, 1.807) is 12.3 Å². The highest BCUT2D eigenvalue weighted by Crippen LogP contribution is 2.10. The normalized spacial score (nSPS) is 10.6. The van der Waals surface area contributed by atoms with Crippen LogP contribution in [0.4, 0.5) is 0 Å². The summed E-state index contributed by atoms with van der Waals surface area (Å²) >= 11 is 5.02. The van der Waals surface area contributed by atoms with Crippen molar-refractivity contribution in [2.24, 2.45) is 5.73 Å². The van der Waals surface area contributed by atoms with Crippen LogP contribution in [0.2, 0.25) is 0 Å². The highest BCUT2D eigenvalue weighted by molar-refractivity contribution is 7.71. The van der Waals surface area contributed by atoms with E-state index in [0.29, 0.717) is 0 Å². The molecule has 0 bridgehead atoms. The van der Waals surface area contributed by atoms with Gasteiger partial charge in [-0.25, -0.2) is 0 Å². The van der Waals surface area contributed by atoms with Gasteiger partial charge in [-0.15, -0.1) is 0 Å². The van der Waals surface area contributed by atoms with Gasteiger partial charge in [0.1, 0.15) is 4.64 Å². The molecule has 0 aromatic carbocycles. The van der Waals surface area contributed by atoms with Crippen molar-refractivity contribution >= 4 is 18.1 Å². The molecule has 0 saturated heterocycles. The van der Waals surface area contributed by atoms with Gasteiger partial charge in [-0.1, -0.05) is 12.2 Å². The number of rotatable bonds is 4. The predicted molar refractivity (Wildman–Crippen MR) is 57.0 cm³/mol. The molecule has 0 fully saturated rings. The lowest BCUT2D eigenvalue weighted by atomic mass is 10.2. The average Bonchev–Trinajstić information content (AvgIpc) is 2.21. The predicted octanol–water partition coefficient (Wildman–Crippen LogP) is -0.158. The van der Waals surface area contributed by atoms with Gasteiger partial charge >= 0.3 is 0 Å². The Balaban J connectivity index is 3.26. The van der Waals surface area contributed by atoms with Crippen LogP contribution in [0.1, 0.15) is 16.4 Å². The maximum absolute atomic E-state index is 11.0. The second kappa shape index (κ2) is 5.01. The van der Waals surface area contributed by atoms with Crippen LogP contribution >= 0.6 is 12.2 Å². The Bertz CT molecular complexity index is 412. The maximum Gasteiger partial charge on any atom is 0.251 e. The number of aromatic nitrogens is 1. The number of aliphatic hydroxyl groups excluding tert-OH is 2. The van der Waals surface area contributed by atoms with E-state index in [2.05, 4.69) is 0 Å². The molecule has 0 spiro atoms. The van der Waals surface area contributed by atoms with E-state index >= 15 is 0 Å². The number of hydrogen-bond acceptors (Lipinski definition) is 4. The lowest BCUT2D eigenvalue weighted by Gasteiger charge is -2.16. The zero-order valence-corrected chi connectivity index (χ0v) is 8.78. The Labute approximate surface area is 91.8 Å². The minimum atomic E-state index is -0.621. The minimum Gasteiger partial charge on any atom is -0.394 e. The third-order valence-corrected chi connectivity index (χ3v) is 2.49. The van der Waals surface area contributed by atoms with Crippen molar-refractivity contribution in [3.05, 3.63) is 28.5 Å². The van der Waals surface area contributed by atoms with Crippen LogP contribution in [0.5, 0.6) is 0 Å². The van der Waals surface area contributed by atoms with E-state index in [1.807, 2.05) is 0 Å². The molecule has 1 rings (SSSR count). The maximum atomic E-state index is 11.0. The molecule has 0 aliphatic rings. The topological polar surface area (TPSA) is 88.5 Å². The third kappa shape index (κ3) is 2.41. The average molecular weight is 228 g/mol. The van der Waals surface area contributed by atoms with E-state index in [9.17, 15) is 4.79 Å². The van der Waals surface area contributed by atoms with E-state index in [0.717, 1.165) is 0 Å². The van der Waals surface area contributed by atoms with Crippen LogP contribution in [0, 0.1) is 4.64 Å². The number of hydrogen-bond donors (Lipinski definition) is 3. The summed E-state index contributed by atoms with van der Waals surface area (Å²) in [6.07, 6.45) is 1.59. The van der Waals surface area contributed by atoms with E-state index in [-0.39, 0.29) is 23.4 Å². The highest BCUT2D eigenvalue weighted by Gasteiger charge is 2.11. The van der Waals surface area contributed by atoms with Crippen LogP contribution in [0.25, 0.3) is 0 Å². The highest BCUT2D eigenvalue weighted by atomic mass is 32.1. The molecule has 0 aliphatic heterocycles. The molecule has 15 heavy (non-hydrogen) atoms. The Morgan fingerprint density at radius 1 is 1.53 bits per heavy atom. The quantitative estimate of drug-likeness (QED) is 0.625. The number of pyridine rings is 1. The first-order valence-electron chi connectivity index (χ1n) is 4.34. The molecule has 82 valence electrons. The molecule has 1 heterocycles. The summed E-state index contributed by atoms with van der Waals surface area (Å²) < 4.78 is 1.67. The molecule has 6 heteroatoms. The number of aliphatic hydroxyl groups is 2. The van der Waals surface area contributed by atoms with Crippen LogP contribution in [-0.2, 0) is 0 Å². The molecule has 1 amide bonds. The third-order valence-electron chi connectivity index (χ3n) is 2.05. The van der Waals surface area contributed by atoms with Gasteiger partial charge in [0.2, 0.25) is 0 Å². The summed E-state index contributed by atoms with van der Waals surface area (Å²) in [4.78, 5) is 11.0. The Kier molecular flexibility index (Phi) is 3.96. The van der Waals surface area contributed by atoms with Crippen molar-refractivity contribution in [1.82, 2.24) is 4.57 Å². The van der Waals surface area contributed by atoms with Gasteiger partial charge in [0.05, 0.1) is 24.8 Å². The van der Waals surface area contributed by atoms with Crippen molar-refractivity contribution in [2.75, 3.05) is 13.2 Å². The molecule has 0 aliphatic carbocycles. The molecular weight excluding hydrogens is 216 g/mol. The number of carbonyl (C=O) groups excluding carboxylic acids is 1. The van der Waals surface area contributed by atoms with Gasteiger partial charge in [-0.05, 0) is 12.1 Å². The van der Waals surface area contributed by atoms with Gasteiger partial charge in [0.15, 0.2) is 0 Å². The van der Waals surface area contributed by atoms with Crippen molar-refractivity contribution < 1.29 is 15.0 Å². The summed E-state index contributed by atoms with van der Waals surface area (Å²) in [5.41, 5.74) is 5.33. The number of nitrogens with zero attached hydrogens (tertiary/aromatic N) is 1. The lowest BCUT2D eigenvalue weighted by molar-refractivity contribution is 0.0997. The molecule has 1 aromatic rings. The first-order chi connectivity index (χ1) is 7.11. The van der Waals surface area contributed by atoms with Crippen LogP contribution in [0.3, 0.4) is 0 Å². The Hall–Kier alpha value is -1.24. The van der Waals surface area contributed by atoms with E-state index < -0.39 is 11.9 Å². The van der Waals surface area contributed by atoms with Crippen molar-refractivity contribution in [3.63, 3.8) is 0 Å². The standard InChI is InChI=1S/C9H12N2O3S/c10-8(14)7-2-1-3-11(9(7)15)6(4-12)5-13/h1-3,6,12-13H,4-5H2,(H2,10,14). The summed E-state index contributed by atoms with van der Waals surface area (Å²) in [6.45, 7) is -0.514. The van der Waals surface area contributed by atoms with Gasteiger partial charge in [-0.2, -0.15) is 0 Å². The second-order valence-corrected chi connectivity index (χ2v) is 3.40. The molecule has 0 unspecified atom stereocenters. The molecular formula is C9H12N2O3S. The first kappa shape index (κ1) is 11.8. The fraction of sp³-hybridized carbons (Fsp3) is 0.333.